The summed E-state index contributed by atoms with van der Waals surface area (Å²) in [6.07, 6.45) is -3.30. The van der Waals surface area contributed by atoms with Gasteiger partial charge in [0.1, 0.15) is 9.52 Å². The van der Waals surface area contributed by atoms with Crippen molar-refractivity contribution in [1.29, 1.82) is 0 Å². The summed E-state index contributed by atoms with van der Waals surface area (Å²) in [7, 11) is 0. The summed E-state index contributed by atoms with van der Waals surface area (Å²) in [5, 5.41) is 8.54. The van der Waals surface area contributed by atoms with Gasteiger partial charge in [0.05, 0.1) is 6.42 Å². The number of carboxylic acids is 1. The molecule has 0 unspecified atom stereocenters. The van der Waals surface area contributed by atoms with Crippen molar-refractivity contribution in [1.82, 2.24) is 4.98 Å². The molecule has 0 atom stereocenters. The van der Waals surface area contributed by atoms with Crippen LogP contribution in [0.2, 0.25) is 0 Å². The molecule has 0 fully saturated rings. The molecular formula is C8H7F2IN2O2. The lowest BCUT2D eigenvalue weighted by Gasteiger charge is -2.09. The van der Waals surface area contributed by atoms with Crippen LogP contribution in [0.3, 0.4) is 0 Å². The smallest absolute Gasteiger partial charge is 0.307 e. The number of nitrogen functional groups attached to an aromatic ring is 1. The molecule has 15 heavy (non-hydrogen) atoms. The topological polar surface area (TPSA) is 76.2 Å². The first-order valence-corrected chi connectivity index (χ1v) is 4.94. The van der Waals surface area contributed by atoms with Crippen molar-refractivity contribution in [3.05, 3.63) is 20.9 Å². The van der Waals surface area contributed by atoms with Gasteiger partial charge in [-0.1, -0.05) is 0 Å². The Kier molecular flexibility index (Phi) is 3.77. The molecular weight excluding hydrogens is 321 g/mol. The normalized spacial score (nSPS) is 10.7. The summed E-state index contributed by atoms with van der Waals surface area (Å²) in [6, 6.07) is 1.14. The van der Waals surface area contributed by atoms with Gasteiger partial charge in [0.2, 0.25) is 0 Å². The minimum Gasteiger partial charge on any atom is -0.481 e. The molecule has 0 aliphatic heterocycles. The molecule has 4 nitrogen and oxygen atoms in total. The Hall–Kier alpha value is -0.990. The lowest BCUT2D eigenvalue weighted by atomic mass is 10.1. The van der Waals surface area contributed by atoms with Crippen molar-refractivity contribution in [3.63, 3.8) is 0 Å². The fourth-order valence-corrected chi connectivity index (χ4v) is 1.71. The molecule has 0 saturated heterocycles. The van der Waals surface area contributed by atoms with E-state index in [-0.39, 0.29) is 16.9 Å². The van der Waals surface area contributed by atoms with Gasteiger partial charge in [-0.3, -0.25) is 4.79 Å². The van der Waals surface area contributed by atoms with Crippen molar-refractivity contribution in [2.24, 2.45) is 0 Å². The van der Waals surface area contributed by atoms with Crippen LogP contribution in [0.15, 0.2) is 6.07 Å². The molecule has 82 valence electrons. The van der Waals surface area contributed by atoms with Crippen LogP contribution >= 0.6 is 22.6 Å². The number of aliphatic carboxylic acids is 1. The van der Waals surface area contributed by atoms with Crippen molar-refractivity contribution in [2.75, 3.05) is 5.73 Å². The fourth-order valence-electron chi connectivity index (χ4n) is 1.12. The number of halogens is 3. The second-order valence-corrected chi connectivity index (χ2v) is 3.87. The number of aromatic nitrogens is 1. The quantitative estimate of drug-likeness (QED) is 0.656. The summed E-state index contributed by atoms with van der Waals surface area (Å²) in [6.45, 7) is 0. The van der Waals surface area contributed by atoms with Gasteiger partial charge in [0.25, 0.3) is 6.43 Å². The standard InChI is InChI=1S/C8H7F2IN2O2/c9-7(10)3-1-5(11)13-8(12)4(3)2-6(14)15/h1,7H,2H2,(H2,12,13)(H,14,15). The molecule has 1 rings (SSSR count). The number of hydrogen-bond acceptors (Lipinski definition) is 3. The zero-order valence-corrected chi connectivity index (χ0v) is 9.53. The second-order valence-electron chi connectivity index (χ2n) is 2.77. The zero-order chi connectivity index (χ0) is 11.6. The fraction of sp³-hybridized carbons (Fsp3) is 0.250. The number of nitrogens with two attached hydrogens (primary N) is 1. The van der Waals surface area contributed by atoms with Crippen LogP contribution in [-0.4, -0.2) is 16.1 Å². The third-order valence-electron chi connectivity index (χ3n) is 1.72. The second kappa shape index (κ2) is 4.69. The van der Waals surface area contributed by atoms with E-state index >= 15 is 0 Å². The minimum atomic E-state index is -2.75. The van der Waals surface area contributed by atoms with E-state index in [1.165, 1.54) is 0 Å². The predicted molar refractivity (Wildman–Crippen MR) is 57.7 cm³/mol. The summed E-state index contributed by atoms with van der Waals surface area (Å²) in [5.74, 6) is -1.37. The third-order valence-corrected chi connectivity index (χ3v) is 2.28. The third kappa shape index (κ3) is 2.98. The maximum absolute atomic E-state index is 12.6. The summed E-state index contributed by atoms with van der Waals surface area (Å²) >= 11 is 1.74. The van der Waals surface area contributed by atoms with Crippen LogP contribution in [-0.2, 0) is 11.2 Å². The molecule has 0 aromatic carbocycles. The van der Waals surface area contributed by atoms with Gasteiger partial charge in [0.15, 0.2) is 0 Å². The molecule has 0 aliphatic rings. The van der Waals surface area contributed by atoms with Crippen LogP contribution in [0.1, 0.15) is 17.6 Å². The van der Waals surface area contributed by atoms with E-state index in [2.05, 4.69) is 4.98 Å². The van der Waals surface area contributed by atoms with E-state index in [4.69, 9.17) is 10.8 Å². The van der Waals surface area contributed by atoms with Crippen molar-refractivity contribution >= 4 is 34.4 Å². The monoisotopic (exact) mass is 328 g/mol. The number of nitrogens with zero attached hydrogens (tertiary/aromatic N) is 1. The number of hydrogen-bond donors (Lipinski definition) is 2. The molecule has 0 amide bonds. The Labute approximate surface area is 97.6 Å². The number of pyridine rings is 1. The highest BCUT2D eigenvalue weighted by Crippen LogP contribution is 2.27. The average molecular weight is 328 g/mol. The molecule has 0 spiro atoms. The Morgan fingerprint density at radius 3 is 2.73 bits per heavy atom. The van der Waals surface area contributed by atoms with Gasteiger partial charge in [-0.2, -0.15) is 0 Å². The number of anilines is 1. The summed E-state index contributed by atoms with van der Waals surface area (Å²) < 4.78 is 25.4. The molecule has 3 N–H and O–H groups in total. The highest BCUT2D eigenvalue weighted by atomic mass is 127. The first-order chi connectivity index (χ1) is 6.91. The van der Waals surface area contributed by atoms with Crippen LogP contribution in [0, 0.1) is 3.70 Å². The number of alkyl halides is 2. The number of rotatable bonds is 3. The minimum absolute atomic E-state index is 0.113. The largest absolute Gasteiger partial charge is 0.481 e. The van der Waals surface area contributed by atoms with E-state index in [9.17, 15) is 13.6 Å². The maximum atomic E-state index is 12.6. The lowest BCUT2D eigenvalue weighted by molar-refractivity contribution is -0.136. The summed E-state index contributed by atoms with van der Waals surface area (Å²) in [5.41, 5.74) is 4.92. The van der Waals surface area contributed by atoms with Gasteiger partial charge in [-0.25, -0.2) is 13.8 Å². The Morgan fingerprint density at radius 1 is 1.67 bits per heavy atom. The Bertz CT molecular complexity index is 398. The predicted octanol–water partition coefficient (Wildman–Crippen LogP) is 1.83. The van der Waals surface area contributed by atoms with E-state index < -0.39 is 18.8 Å². The molecule has 7 heteroatoms. The molecule has 0 radical (unpaired) electrons. The van der Waals surface area contributed by atoms with Crippen molar-refractivity contribution in [2.45, 2.75) is 12.8 Å². The molecule has 0 bridgehead atoms. The molecule has 1 aromatic rings. The summed E-state index contributed by atoms with van der Waals surface area (Å²) in [4.78, 5) is 14.2. The highest BCUT2D eigenvalue weighted by Gasteiger charge is 2.19. The van der Waals surface area contributed by atoms with Crippen molar-refractivity contribution in [3.8, 4) is 0 Å². The van der Waals surface area contributed by atoms with Crippen LogP contribution in [0.25, 0.3) is 0 Å². The van der Waals surface area contributed by atoms with Gasteiger partial charge >= 0.3 is 5.97 Å². The SMILES string of the molecule is Nc1nc(I)cc(C(F)F)c1CC(=O)O. The first-order valence-electron chi connectivity index (χ1n) is 3.86. The highest BCUT2D eigenvalue weighted by molar-refractivity contribution is 14.1. The van der Waals surface area contributed by atoms with Gasteiger partial charge < -0.3 is 10.8 Å². The van der Waals surface area contributed by atoms with Crippen molar-refractivity contribution < 1.29 is 18.7 Å². The average Bonchev–Trinajstić information content (AvgIpc) is 2.08. The molecule has 1 aromatic heterocycles. The number of carboxylic acid groups (broad SMARTS) is 1. The molecule has 0 saturated carbocycles. The van der Waals surface area contributed by atoms with E-state index in [0.717, 1.165) is 6.07 Å². The van der Waals surface area contributed by atoms with Crippen LogP contribution < -0.4 is 5.73 Å². The Morgan fingerprint density at radius 2 is 2.27 bits per heavy atom. The van der Waals surface area contributed by atoms with Crippen LogP contribution in [0.4, 0.5) is 14.6 Å². The zero-order valence-electron chi connectivity index (χ0n) is 7.38. The maximum Gasteiger partial charge on any atom is 0.307 e. The van der Waals surface area contributed by atoms with E-state index in [0.29, 0.717) is 3.70 Å². The van der Waals surface area contributed by atoms with Crippen LogP contribution in [0.5, 0.6) is 0 Å². The lowest BCUT2D eigenvalue weighted by Crippen LogP contribution is -2.10. The molecule has 0 aliphatic carbocycles. The Balaban J connectivity index is 3.26. The van der Waals surface area contributed by atoms with Gasteiger partial charge in [0, 0.05) is 11.1 Å². The van der Waals surface area contributed by atoms with Gasteiger partial charge in [-0.05, 0) is 28.7 Å². The van der Waals surface area contributed by atoms with Gasteiger partial charge in [-0.15, -0.1) is 0 Å². The molecule has 1 heterocycles. The van der Waals surface area contributed by atoms with E-state index in [1.54, 1.807) is 22.6 Å². The van der Waals surface area contributed by atoms with E-state index in [1.807, 2.05) is 0 Å². The number of carbonyl (C=O) groups is 1. The first kappa shape index (κ1) is 12.1.